The number of carbonyl (C=O) groups excluding carboxylic acids is 1. The molecule has 0 amide bonds. The molecular formula is C30H32O7. The number of benzene rings is 3. The van der Waals surface area contributed by atoms with Gasteiger partial charge in [0, 0.05) is 0 Å². The van der Waals surface area contributed by atoms with E-state index in [-0.39, 0.29) is 19.8 Å². The Labute approximate surface area is 217 Å². The predicted molar refractivity (Wildman–Crippen MR) is 138 cm³/mol. The Morgan fingerprint density at radius 3 is 1.86 bits per heavy atom. The zero-order valence-corrected chi connectivity index (χ0v) is 20.6. The van der Waals surface area contributed by atoms with Crippen molar-refractivity contribution in [3.63, 3.8) is 0 Å². The average molecular weight is 505 g/mol. The Hall–Kier alpha value is -3.33. The van der Waals surface area contributed by atoms with Crippen LogP contribution in [-0.2, 0) is 36.9 Å². The SMILES string of the molecule is C=CCOC1O[C@H](CO)[C@@H](OC(=O)c2ccccc2)[C@H](OCc2ccccc2)[C@H]1OCc1ccccc1. The van der Waals surface area contributed by atoms with E-state index in [9.17, 15) is 9.90 Å². The van der Waals surface area contributed by atoms with Crippen molar-refractivity contribution in [3.8, 4) is 0 Å². The minimum Gasteiger partial charge on any atom is -0.453 e. The molecule has 0 radical (unpaired) electrons. The molecule has 3 aromatic rings. The van der Waals surface area contributed by atoms with E-state index < -0.39 is 43.3 Å². The van der Waals surface area contributed by atoms with Crippen molar-refractivity contribution >= 4 is 5.97 Å². The summed E-state index contributed by atoms with van der Waals surface area (Å²) < 4.78 is 30.5. The Bertz CT molecular complexity index is 1090. The summed E-state index contributed by atoms with van der Waals surface area (Å²) in [6, 6.07) is 28.0. The van der Waals surface area contributed by atoms with Crippen molar-refractivity contribution < 1.29 is 33.6 Å². The van der Waals surface area contributed by atoms with Gasteiger partial charge in [-0.25, -0.2) is 4.79 Å². The molecule has 37 heavy (non-hydrogen) atoms. The van der Waals surface area contributed by atoms with Gasteiger partial charge in [0.05, 0.1) is 32.0 Å². The van der Waals surface area contributed by atoms with Crippen LogP contribution in [0.25, 0.3) is 0 Å². The summed E-state index contributed by atoms with van der Waals surface area (Å²) in [5.74, 6) is -0.548. The van der Waals surface area contributed by atoms with Crippen LogP contribution in [0.2, 0.25) is 0 Å². The first-order valence-corrected chi connectivity index (χ1v) is 12.3. The predicted octanol–water partition coefficient (Wildman–Crippen LogP) is 4.30. The summed E-state index contributed by atoms with van der Waals surface area (Å²) in [4.78, 5) is 13.0. The summed E-state index contributed by atoms with van der Waals surface area (Å²) >= 11 is 0. The van der Waals surface area contributed by atoms with Gasteiger partial charge in [-0.1, -0.05) is 84.9 Å². The van der Waals surface area contributed by atoms with E-state index in [1.807, 2.05) is 66.7 Å². The van der Waals surface area contributed by atoms with Crippen LogP contribution in [0.4, 0.5) is 0 Å². The number of hydrogen-bond donors (Lipinski definition) is 1. The molecule has 7 nitrogen and oxygen atoms in total. The van der Waals surface area contributed by atoms with E-state index in [1.165, 1.54) is 0 Å². The van der Waals surface area contributed by atoms with Crippen molar-refractivity contribution in [1.29, 1.82) is 0 Å². The maximum atomic E-state index is 13.0. The molecule has 0 saturated carbocycles. The monoisotopic (exact) mass is 504 g/mol. The first-order valence-electron chi connectivity index (χ1n) is 12.3. The number of aliphatic hydroxyl groups excluding tert-OH is 1. The third-order valence-corrected chi connectivity index (χ3v) is 5.97. The van der Waals surface area contributed by atoms with E-state index >= 15 is 0 Å². The molecule has 1 saturated heterocycles. The van der Waals surface area contributed by atoms with Gasteiger partial charge < -0.3 is 28.8 Å². The Morgan fingerprint density at radius 2 is 1.32 bits per heavy atom. The van der Waals surface area contributed by atoms with Gasteiger partial charge in [0.2, 0.25) is 0 Å². The van der Waals surface area contributed by atoms with Crippen LogP contribution in [0.1, 0.15) is 21.5 Å². The smallest absolute Gasteiger partial charge is 0.338 e. The molecule has 3 aromatic carbocycles. The van der Waals surface area contributed by atoms with Gasteiger partial charge >= 0.3 is 5.97 Å². The van der Waals surface area contributed by atoms with Crippen LogP contribution in [0.5, 0.6) is 0 Å². The van der Waals surface area contributed by atoms with Gasteiger partial charge in [-0.3, -0.25) is 0 Å². The quantitative estimate of drug-likeness (QED) is 0.291. The summed E-state index contributed by atoms with van der Waals surface area (Å²) in [6.45, 7) is 4.01. The Morgan fingerprint density at radius 1 is 0.784 bits per heavy atom. The normalized spacial score (nSPS) is 23.3. The fraction of sp³-hybridized carbons (Fsp3) is 0.300. The minimum absolute atomic E-state index is 0.202. The molecule has 0 spiro atoms. The lowest BCUT2D eigenvalue weighted by molar-refractivity contribution is -0.316. The van der Waals surface area contributed by atoms with E-state index in [4.69, 9.17) is 23.7 Å². The first-order chi connectivity index (χ1) is 18.2. The van der Waals surface area contributed by atoms with Crippen molar-refractivity contribution in [1.82, 2.24) is 0 Å². The second-order valence-electron chi connectivity index (χ2n) is 8.61. The van der Waals surface area contributed by atoms with E-state index in [0.717, 1.165) is 11.1 Å². The zero-order chi connectivity index (χ0) is 25.9. The highest BCUT2D eigenvalue weighted by Crippen LogP contribution is 2.31. The Kier molecular flexibility index (Phi) is 9.99. The number of carbonyl (C=O) groups is 1. The summed E-state index contributed by atoms with van der Waals surface area (Å²) in [5, 5.41) is 10.2. The Balaban J connectivity index is 1.63. The molecule has 0 aromatic heterocycles. The maximum absolute atomic E-state index is 13.0. The highest BCUT2D eigenvalue weighted by atomic mass is 16.7. The highest BCUT2D eigenvalue weighted by molar-refractivity contribution is 5.89. The zero-order valence-electron chi connectivity index (χ0n) is 20.6. The van der Waals surface area contributed by atoms with Crippen LogP contribution in [0.15, 0.2) is 104 Å². The topological polar surface area (TPSA) is 83.5 Å². The molecular weight excluding hydrogens is 472 g/mol. The molecule has 4 rings (SSSR count). The van der Waals surface area contributed by atoms with Gasteiger partial charge in [-0.15, -0.1) is 6.58 Å². The second-order valence-corrected chi connectivity index (χ2v) is 8.61. The minimum atomic E-state index is -0.953. The standard InChI is InChI=1S/C30H32O7/c1-2-18-33-30-28(35-21-23-14-8-4-9-15-23)27(34-20-22-12-6-3-7-13-22)26(25(19-31)36-30)37-29(32)24-16-10-5-11-17-24/h2-17,25-28,30-31H,1,18-21H2/t25-,26-,27+,28-,30?/m1/s1. The number of aliphatic hydroxyl groups is 1. The van der Waals surface area contributed by atoms with Crippen LogP contribution in [0, 0.1) is 0 Å². The van der Waals surface area contributed by atoms with E-state index in [1.54, 1.807) is 30.3 Å². The van der Waals surface area contributed by atoms with E-state index in [2.05, 4.69) is 6.58 Å². The molecule has 5 atom stereocenters. The molecule has 1 aliphatic rings. The number of rotatable bonds is 12. The molecule has 0 bridgehead atoms. The lowest BCUT2D eigenvalue weighted by Crippen LogP contribution is -2.62. The highest BCUT2D eigenvalue weighted by Gasteiger charge is 2.50. The van der Waals surface area contributed by atoms with Crippen LogP contribution in [-0.4, -0.2) is 55.0 Å². The van der Waals surface area contributed by atoms with Crippen LogP contribution in [0.3, 0.4) is 0 Å². The van der Waals surface area contributed by atoms with E-state index in [0.29, 0.717) is 5.56 Å². The molecule has 1 N–H and O–H groups in total. The van der Waals surface area contributed by atoms with Gasteiger partial charge in [0.15, 0.2) is 12.4 Å². The van der Waals surface area contributed by atoms with Gasteiger partial charge in [0.25, 0.3) is 0 Å². The molecule has 194 valence electrons. The third-order valence-electron chi connectivity index (χ3n) is 5.97. The number of ether oxygens (including phenoxy) is 5. The fourth-order valence-electron chi connectivity index (χ4n) is 4.13. The lowest BCUT2D eigenvalue weighted by Gasteiger charge is -2.45. The van der Waals surface area contributed by atoms with Crippen molar-refractivity contribution in [3.05, 3.63) is 120 Å². The number of esters is 1. The summed E-state index contributed by atoms with van der Waals surface area (Å²) in [6.07, 6.45) is -2.68. The summed E-state index contributed by atoms with van der Waals surface area (Å²) in [7, 11) is 0. The third kappa shape index (κ3) is 7.35. The van der Waals surface area contributed by atoms with Crippen molar-refractivity contribution in [2.24, 2.45) is 0 Å². The second kappa shape index (κ2) is 13.8. The molecule has 1 aliphatic heterocycles. The number of hydrogen-bond acceptors (Lipinski definition) is 7. The largest absolute Gasteiger partial charge is 0.453 e. The van der Waals surface area contributed by atoms with Crippen LogP contribution < -0.4 is 0 Å². The molecule has 1 fully saturated rings. The molecule has 1 unspecified atom stereocenters. The summed E-state index contributed by atoms with van der Waals surface area (Å²) in [5.41, 5.74) is 2.27. The molecule has 7 heteroatoms. The van der Waals surface area contributed by atoms with Gasteiger partial charge in [-0.2, -0.15) is 0 Å². The maximum Gasteiger partial charge on any atom is 0.338 e. The first kappa shape index (κ1) is 26.7. The van der Waals surface area contributed by atoms with Gasteiger partial charge in [-0.05, 0) is 23.3 Å². The molecule has 1 heterocycles. The van der Waals surface area contributed by atoms with Crippen molar-refractivity contribution in [2.45, 2.75) is 43.9 Å². The molecule has 0 aliphatic carbocycles. The van der Waals surface area contributed by atoms with Crippen LogP contribution >= 0.6 is 0 Å². The van der Waals surface area contributed by atoms with Gasteiger partial charge in [0.1, 0.15) is 18.3 Å². The van der Waals surface area contributed by atoms with Crippen molar-refractivity contribution in [2.75, 3.05) is 13.2 Å². The fourth-order valence-corrected chi connectivity index (χ4v) is 4.13. The lowest BCUT2D eigenvalue weighted by atomic mass is 9.97. The average Bonchev–Trinajstić information content (AvgIpc) is 2.96.